The summed E-state index contributed by atoms with van der Waals surface area (Å²) in [4.78, 5) is 18.3. The Morgan fingerprint density at radius 3 is 2.78 bits per heavy atom. The van der Waals surface area contributed by atoms with Gasteiger partial charge in [-0.2, -0.15) is 0 Å². The summed E-state index contributed by atoms with van der Waals surface area (Å²) < 4.78 is 0. The van der Waals surface area contributed by atoms with Crippen molar-refractivity contribution >= 4 is 11.6 Å². The Bertz CT molecular complexity index is 430. The fraction of sp³-hybridized carbons (Fsp3) is 0.600. The monoisotopic (exact) mass is 246 g/mol. The summed E-state index contributed by atoms with van der Waals surface area (Å²) >= 11 is 0. The fourth-order valence-corrected chi connectivity index (χ4v) is 2.98. The molecule has 0 radical (unpaired) electrons. The highest BCUT2D eigenvalue weighted by atomic mass is 16.1. The van der Waals surface area contributed by atoms with E-state index < -0.39 is 0 Å². The molecule has 1 fully saturated rings. The van der Waals surface area contributed by atoms with Crippen molar-refractivity contribution in [2.24, 2.45) is 5.92 Å². The maximum absolute atomic E-state index is 11.7. The van der Waals surface area contributed by atoms with Gasteiger partial charge in [0, 0.05) is 19.3 Å². The third kappa shape index (κ3) is 2.55. The molecule has 2 unspecified atom stereocenters. The number of ketones is 1. The van der Waals surface area contributed by atoms with Gasteiger partial charge in [0.2, 0.25) is 0 Å². The minimum atomic E-state index is 0.0911. The molecule has 0 aliphatic heterocycles. The lowest BCUT2D eigenvalue weighted by Crippen LogP contribution is -2.40. The van der Waals surface area contributed by atoms with Gasteiger partial charge in [-0.25, -0.2) is 4.98 Å². The van der Waals surface area contributed by atoms with E-state index in [2.05, 4.69) is 23.9 Å². The van der Waals surface area contributed by atoms with Gasteiger partial charge < -0.3 is 4.90 Å². The number of anilines is 1. The van der Waals surface area contributed by atoms with Gasteiger partial charge in [0.05, 0.1) is 5.56 Å². The molecule has 98 valence electrons. The molecule has 1 saturated carbocycles. The zero-order valence-electron chi connectivity index (χ0n) is 11.5. The first-order valence-corrected chi connectivity index (χ1v) is 6.80. The first-order valence-electron chi connectivity index (χ1n) is 6.80. The molecular formula is C15H22N2O. The second-order valence-corrected chi connectivity index (χ2v) is 5.37. The van der Waals surface area contributed by atoms with E-state index in [-0.39, 0.29) is 5.78 Å². The lowest BCUT2D eigenvalue weighted by molar-refractivity contribution is 0.101. The highest BCUT2D eigenvalue weighted by molar-refractivity contribution is 5.98. The van der Waals surface area contributed by atoms with Gasteiger partial charge in [-0.3, -0.25) is 4.79 Å². The molecule has 3 heteroatoms. The summed E-state index contributed by atoms with van der Waals surface area (Å²) in [5.41, 5.74) is 0.734. The number of rotatable bonds is 3. The standard InChI is InChI=1S/C15H22N2O/c1-11-7-4-5-9-14(11)17(3)15-13(12(2)18)8-6-10-16-15/h6,8,10-11,14H,4-5,7,9H2,1-3H3. The molecule has 0 aromatic carbocycles. The number of pyridine rings is 1. The number of Topliss-reactive ketones (excluding diaryl/α,β-unsaturated/α-hetero) is 1. The number of aromatic nitrogens is 1. The minimum Gasteiger partial charge on any atom is -0.356 e. The highest BCUT2D eigenvalue weighted by Crippen LogP contribution is 2.30. The van der Waals surface area contributed by atoms with Crippen molar-refractivity contribution < 1.29 is 4.79 Å². The Labute approximate surface area is 109 Å². The van der Waals surface area contributed by atoms with Crippen LogP contribution in [0.25, 0.3) is 0 Å². The molecule has 0 amide bonds. The van der Waals surface area contributed by atoms with Gasteiger partial charge in [0.15, 0.2) is 5.78 Å². The molecule has 18 heavy (non-hydrogen) atoms. The second kappa shape index (κ2) is 5.51. The molecule has 1 aliphatic rings. The first kappa shape index (κ1) is 13.1. The average molecular weight is 246 g/mol. The maximum Gasteiger partial charge on any atom is 0.163 e. The molecule has 2 rings (SSSR count). The third-order valence-corrected chi connectivity index (χ3v) is 4.06. The van der Waals surface area contributed by atoms with E-state index in [4.69, 9.17) is 0 Å². The van der Waals surface area contributed by atoms with Crippen molar-refractivity contribution in [1.82, 2.24) is 4.98 Å². The van der Waals surface area contributed by atoms with Crippen LogP contribution < -0.4 is 4.90 Å². The van der Waals surface area contributed by atoms with Gasteiger partial charge in [0.1, 0.15) is 5.82 Å². The Kier molecular flexibility index (Phi) is 4.00. The minimum absolute atomic E-state index is 0.0911. The van der Waals surface area contributed by atoms with Crippen LogP contribution in [0.1, 0.15) is 49.9 Å². The van der Waals surface area contributed by atoms with Crippen LogP contribution in [0.3, 0.4) is 0 Å². The highest BCUT2D eigenvalue weighted by Gasteiger charge is 2.27. The summed E-state index contributed by atoms with van der Waals surface area (Å²) in [5, 5.41) is 0. The first-order chi connectivity index (χ1) is 8.61. The van der Waals surface area contributed by atoms with Crippen LogP contribution in [0.15, 0.2) is 18.3 Å². The molecule has 0 bridgehead atoms. The fourth-order valence-electron chi connectivity index (χ4n) is 2.98. The van der Waals surface area contributed by atoms with Gasteiger partial charge in [-0.15, -0.1) is 0 Å². The van der Waals surface area contributed by atoms with Gasteiger partial charge in [-0.1, -0.05) is 19.8 Å². The topological polar surface area (TPSA) is 33.2 Å². The third-order valence-electron chi connectivity index (χ3n) is 4.06. The van der Waals surface area contributed by atoms with Crippen LogP contribution in [-0.2, 0) is 0 Å². The molecule has 1 aromatic heterocycles. The second-order valence-electron chi connectivity index (χ2n) is 5.37. The van der Waals surface area contributed by atoms with E-state index in [0.717, 1.165) is 11.4 Å². The summed E-state index contributed by atoms with van der Waals surface area (Å²) in [5.74, 6) is 1.60. The van der Waals surface area contributed by atoms with Crippen molar-refractivity contribution in [2.75, 3.05) is 11.9 Å². The molecule has 0 spiro atoms. The van der Waals surface area contributed by atoms with E-state index in [0.29, 0.717) is 12.0 Å². The number of carbonyl (C=O) groups is 1. The predicted octanol–water partition coefficient (Wildman–Crippen LogP) is 3.30. The Morgan fingerprint density at radius 2 is 2.11 bits per heavy atom. The van der Waals surface area contributed by atoms with Crippen LogP contribution in [0.2, 0.25) is 0 Å². The zero-order valence-corrected chi connectivity index (χ0v) is 11.5. The summed E-state index contributed by atoms with van der Waals surface area (Å²) in [6.45, 7) is 3.91. The molecule has 1 heterocycles. The molecule has 0 N–H and O–H groups in total. The van der Waals surface area contributed by atoms with Crippen LogP contribution >= 0.6 is 0 Å². The zero-order chi connectivity index (χ0) is 13.1. The van der Waals surface area contributed by atoms with E-state index in [1.807, 2.05) is 12.1 Å². The van der Waals surface area contributed by atoms with Crippen molar-refractivity contribution in [3.05, 3.63) is 23.9 Å². The van der Waals surface area contributed by atoms with Crippen LogP contribution in [0.5, 0.6) is 0 Å². The molecular weight excluding hydrogens is 224 g/mol. The predicted molar refractivity (Wildman–Crippen MR) is 74.1 cm³/mol. The molecule has 0 saturated heterocycles. The lowest BCUT2D eigenvalue weighted by atomic mass is 9.85. The molecule has 1 aromatic rings. The van der Waals surface area contributed by atoms with Gasteiger partial charge in [-0.05, 0) is 37.8 Å². The smallest absolute Gasteiger partial charge is 0.163 e. The SMILES string of the molecule is CC(=O)c1cccnc1N(C)C1CCCCC1C. The van der Waals surface area contributed by atoms with Crippen molar-refractivity contribution in [3.63, 3.8) is 0 Å². The maximum atomic E-state index is 11.7. The Balaban J connectivity index is 2.27. The van der Waals surface area contributed by atoms with Crippen LogP contribution in [-0.4, -0.2) is 23.9 Å². The normalized spacial score (nSPS) is 23.7. The summed E-state index contributed by atoms with van der Waals surface area (Å²) in [6.07, 6.45) is 6.85. The van der Waals surface area contributed by atoms with E-state index >= 15 is 0 Å². The number of nitrogens with zero attached hydrogens (tertiary/aromatic N) is 2. The molecule has 1 aliphatic carbocycles. The summed E-state index contributed by atoms with van der Waals surface area (Å²) in [6, 6.07) is 4.21. The van der Waals surface area contributed by atoms with Crippen molar-refractivity contribution in [3.8, 4) is 0 Å². The number of hydrogen-bond acceptors (Lipinski definition) is 3. The molecule has 3 nitrogen and oxygen atoms in total. The average Bonchev–Trinajstić information content (AvgIpc) is 2.38. The van der Waals surface area contributed by atoms with Gasteiger partial charge in [0.25, 0.3) is 0 Å². The number of carbonyl (C=O) groups excluding carboxylic acids is 1. The molecule has 2 atom stereocenters. The van der Waals surface area contributed by atoms with E-state index in [9.17, 15) is 4.79 Å². The largest absolute Gasteiger partial charge is 0.356 e. The van der Waals surface area contributed by atoms with Gasteiger partial charge >= 0.3 is 0 Å². The number of hydrogen-bond donors (Lipinski definition) is 0. The van der Waals surface area contributed by atoms with E-state index in [1.54, 1.807) is 13.1 Å². The van der Waals surface area contributed by atoms with Crippen molar-refractivity contribution in [2.45, 2.75) is 45.6 Å². The Hall–Kier alpha value is -1.38. The van der Waals surface area contributed by atoms with Crippen LogP contribution in [0.4, 0.5) is 5.82 Å². The van der Waals surface area contributed by atoms with Crippen LogP contribution in [0, 0.1) is 5.92 Å². The lowest BCUT2D eigenvalue weighted by Gasteiger charge is -2.37. The quantitative estimate of drug-likeness (QED) is 0.767. The van der Waals surface area contributed by atoms with E-state index in [1.165, 1.54) is 25.7 Å². The Morgan fingerprint density at radius 1 is 1.39 bits per heavy atom. The summed E-state index contributed by atoms with van der Waals surface area (Å²) in [7, 11) is 2.07. The van der Waals surface area contributed by atoms with Crippen molar-refractivity contribution in [1.29, 1.82) is 0 Å².